The zero-order valence-corrected chi connectivity index (χ0v) is 19.2. The summed E-state index contributed by atoms with van der Waals surface area (Å²) in [6.45, 7) is 0.300. The van der Waals surface area contributed by atoms with Gasteiger partial charge in [-0.2, -0.15) is 0 Å². The molecule has 0 bridgehead atoms. The van der Waals surface area contributed by atoms with Crippen LogP contribution < -0.4 is 9.47 Å². The molecule has 0 N–H and O–H groups in total. The van der Waals surface area contributed by atoms with E-state index in [1.807, 2.05) is 42.5 Å². The van der Waals surface area contributed by atoms with Gasteiger partial charge in [0, 0.05) is 53.3 Å². The first kappa shape index (κ1) is 21.8. The molecule has 0 spiro atoms. The summed E-state index contributed by atoms with van der Waals surface area (Å²) in [5.41, 5.74) is 2.97. The predicted octanol–water partition coefficient (Wildman–Crippen LogP) is 6.06. The lowest BCUT2D eigenvalue weighted by Crippen LogP contribution is -2.30. The smallest absolute Gasteiger partial charge is 0.163 e. The van der Waals surface area contributed by atoms with E-state index in [9.17, 15) is 9.59 Å². The third-order valence-electron chi connectivity index (χ3n) is 6.50. The summed E-state index contributed by atoms with van der Waals surface area (Å²) >= 11 is 6.25. The number of hydrogen-bond acceptors (Lipinski definition) is 5. The summed E-state index contributed by atoms with van der Waals surface area (Å²) in [5.74, 6) is 2.26. The molecule has 6 heteroatoms. The van der Waals surface area contributed by atoms with Crippen molar-refractivity contribution in [1.82, 2.24) is 0 Å². The van der Waals surface area contributed by atoms with Crippen LogP contribution in [0.25, 0.3) is 0 Å². The predicted molar refractivity (Wildman–Crippen MR) is 124 cm³/mol. The van der Waals surface area contributed by atoms with Gasteiger partial charge < -0.3 is 14.2 Å². The Labute approximate surface area is 198 Å². The van der Waals surface area contributed by atoms with E-state index >= 15 is 0 Å². The number of ketones is 2. The van der Waals surface area contributed by atoms with Crippen LogP contribution >= 0.6 is 11.6 Å². The van der Waals surface area contributed by atoms with Gasteiger partial charge in [-0.25, -0.2) is 0 Å². The van der Waals surface area contributed by atoms with Gasteiger partial charge in [-0.1, -0.05) is 35.9 Å². The molecule has 5 nitrogen and oxygen atoms in total. The number of halogens is 1. The molecule has 3 aliphatic rings. The lowest BCUT2D eigenvalue weighted by atomic mass is 9.73. The highest BCUT2D eigenvalue weighted by molar-refractivity contribution is 6.31. The van der Waals surface area contributed by atoms with E-state index in [1.165, 1.54) is 0 Å². The minimum absolute atomic E-state index is 0.0594. The van der Waals surface area contributed by atoms with Crippen LogP contribution in [-0.2, 0) is 20.9 Å². The van der Waals surface area contributed by atoms with Crippen LogP contribution in [0.4, 0.5) is 0 Å². The SMILES string of the molecule is COc1cc(C2C3=C(CCCC3=O)OC3=C2C(=O)CCC3)ccc1OCc1ccccc1Cl. The molecular formula is C27H25ClO5. The maximum atomic E-state index is 13.0. The second-order valence-electron chi connectivity index (χ2n) is 8.55. The van der Waals surface area contributed by atoms with Gasteiger partial charge in [0.05, 0.1) is 7.11 Å². The van der Waals surface area contributed by atoms with Gasteiger partial charge in [0.2, 0.25) is 0 Å². The lowest BCUT2D eigenvalue weighted by Gasteiger charge is -2.36. The van der Waals surface area contributed by atoms with Crippen molar-refractivity contribution in [3.8, 4) is 11.5 Å². The molecule has 2 aromatic rings. The number of rotatable bonds is 5. The Balaban J connectivity index is 1.52. The Morgan fingerprint density at radius 1 is 0.909 bits per heavy atom. The summed E-state index contributed by atoms with van der Waals surface area (Å²) in [6.07, 6.45) is 3.95. The van der Waals surface area contributed by atoms with E-state index < -0.39 is 5.92 Å². The van der Waals surface area contributed by atoms with Crippen LogP contribution in [0.2, 0.25) is 5.02 Å². The first-order valence-electron chi connectivity index (χ1n) is 11.3. The van der Waals surface area contributed by atoms with E-state index in [2.05, 4.69) is 0 Å². The van der Waals surface area contributed by atoms with Gasteiger partial charge in [-0.05, 0) is 36.6 Å². The average Bonchev–Trinajstić information content (AvgIpc) is 2.82. The quantitative estimate of drug-likeness (QED) is 0.538. The summed E-state index contributed by atoms with van der Waals surface area (Å²) in [7, 11) is 1.58. The minimum atomic E-state index is -0.420. The van der Waals surface area contributed by atoms with Crippen LogP contribution in [0.5, 0.6) is 11.5 Å². The number of carbonyl (C=O) groups excluding carboxylic acids is 2. The summed E-state index contributed by atoms with van der Waals surface area (Å²) in [5, 5.41) is 0.640. The van der Waals surface area contributed by atoms with Gasteiger partial charge in [-0.3, -0.25) is 9.59 Å². The van der Waals surface area contributed by atoms with E-state index in [4.69, 9.17) is 25.8 Å². The van der Waals surface area contributed by atoms with E-state index in [0.717, 1.165) is 48.3 Å². The van der Waals surface area contributed by atoms with Crippen molar-refractivity contribution in [3.05, 3.63) is 81.3 Å². The number of ether oxygens (including phenoxy) is 3. The van der Waals surface area contributed by atoms with Gasteiger partial charge in [-0.15, -0.1) is 0 Å². The van der Waals surface area contributed by atoms with Crippen molar-refractivity contribution in [2.24, 2.45) is 0 Å². The number of carbonyl (C=O) groups is 2. The number of hydrogen-bond donors (Lipinski definition) is 0. The lowest BCUT2D eigenvalue weighted by molar-refractivity contribution is -0.117. The molecule has 0 unspecified atom stereocenters. The van der Waals surface area contributed by atoms with Crippen LogP contribution in [-0.4, -0.2) is 18.7 Å². The largest absolute Gasteiger partial charge is 0.493 e. The molecule has 170 valence electrons. The fourth-order valence-corrected chi connectivity index (χ4v) is 5.10. The van der Waals surface area contributed by atoms with Crippen LogP contribution in [0.1, 0.15) is 55.6 Å². The Morgan fingerprint density at radius 3 is 2.21 bits per heavy atom. The highest BCUT2D eigenvalue weighted by Gasteiger charge is 2.41. The van der Waals surface area contributed by atoms with Crippen molar-refractivity contribution in [2.75, 3.05) is 7.11 Å². The fourth-order valence-electron chi connectivity index (χ4n) is 4.90. The Hall–Kier alpha value is -3.05. The molecule has 0 atom stereocenters. The molecule has 0 radical (unpaired) electrons. The molecule has 33 heavy (non-hydrogen) atoms. The van der Waals surface area contributed by atoms with Crippen molar-refractivity contribution >= 4 is 23.2 Å². The van der Waals surface area contributed by atoms with E-state index in [0.29, 0.717) is 47.1 Å². The highest BCUT2D eigenvalue weighted by atomic mass is 35.5. The maximum absolute atomic E-state index is 13.0. The third kappa shape index (κ3) is 4.06. The molecule has 0 amide bonds. The van der Waals surface area contributed by atoms with Crippen molar-refractivity contribution < 1.29 is 23.8 Å². The summed E-state index contributed by atoms with van der Waals surface area (Å²) < 4.78 is 17.7. The molecule has 0 fully saturated rings. The first-order chi connectivity index (χ1) is 16.1. The normalized spacial score (nSPS) is 18.6. The Morgan fingerprint density at radius 2 is 1.58 bits per heavy atom. The molecule has 0 saturated carbocycles. The molecule has 2 aliphatic carbocycles. The highest BCUT2D eigenvalue weighted by Crippen LogP contribution is 2.48. The molecule has 0 saturated heterocycles. The average molecular weight is 465 g/mol. The van der Waals surface area contributed by atoms with E-state index in [1.54, 1.807) is 7.11 Å². The van der Waals surface area contributed by atoms with Crippen molar-refractivity contribution in [3.63, 3.8) is 0 Å². The molecule has 2 aromatic carbocycles. The van der Waals surface area contributed by atoms with Crippen molar-refractivity contribution in [1.29, 1.82) is 0 Å². The Kier molecular flexibility index (Phi) is 5.98. The second kappa shape index (κ2) is 9.06. The van der Waals surface area contributed by atoms with Crippen LogP contribution in [0, 0.1) is 0 Å². The molecular weight excluding hydrogens is 440 g/mol. The van der Waals surface area contributed by atoms with Gasteiger partial charge in [0.25, 0.3) is 0 Å². The number of allylic oxidation sites excluding steroid dienone is 4. The Bertz CT molecular complexity index is 1150. The summed E-state index contributed by atoms with van der Waals surface area (Å²) in [6, 6.07) is 13.1. The summed E-state index contributed by atoms with van der Waals surface area (Å²) in [4.78, 5) is 25.9. The van der Waals surface area contributed by atoms with Crippen molar-refractivity contribution in [2.45, 2.75) is 51.0 Å². The number of Topliss-reactive ketones (excluding diaryl/α,β-unsaturated/α-hetero) is 2. The van der Waals surface area contributed by atoms with Crippen LogP contribution in [0.15, 0.2) is 65.1 Å². The maximum Gasteiger partial charge on any atom is 0.163 e. The standard InChI is InChI=1S/C27H25ClO5/c1-31-24-14-16(12-13-21(24)32-15-17-6-2-3-7-18(17)28)25-26-19(29)8-4-10-22(26)33-23-11-5-9-20(30)27(23)25/h2-3,6-7,12-14,25H,4-5,8-11,15H2,1H3. The third-order valence-corrected chi connectivity index (χ3v) is 6.87. The zero-order chi connectivity index (χ0) is 22.9. The minimum Gasteiger partial charge on any atom is -0.493 e. The second-order valence-corrected chi connectivity index (χ2v) is 8.96. The topological polar surface area (TPSA) is 61.8 Å². The monoisotopic (exact) mass is 464 g/mol. The molecule has 0 aromatic heterocycles. The molecule has 1 aliphatic heterocycles. The molecule has 1 heterocycles. The van der Waals surface area contributed by atoms with Crippen LogP contribution in [0.3, 0.4) is 0 Å². The number of methoxy groups -OCH3 is 1. The zero-order valence-electron chi connectivity index (χ0n) is 18.5. The number of benzene rings is 2. The fraction of sp³-hybridized carbons (Fsp3) is 0.333. The van der Waals surface area contributed by atoms with Gasteiger partial charge in [0.1, 0.15) is 18.1 Å². The first-order valence-corrected chi connectivity index (χ1v) is 11.7. The van der Waals surface area contributed by atoms with Gasteiger partial charge in [0.15, 0.2) is 23.1 Å². The van der Waals surface area contributed by atoms with Gasteiger partial charge >= 0.3 is 0 Å². The molecule has 5 rings (SSSR count). The van der Waals surface area contributed by atoms with E-state index in [-0.39, 0.29) is 11.6 Å².